The van der Waals surface area contributed by atoms with Gasteiger partial charge in [-0.2, -0.15) is 0 Å². The number of aliphatic carboxylic acids is 1. The Hall–Kier alpha value is -3.13. The molecule has 2 aliphatic carbocycles. The molecule has 0 saturated heterocycles. The third kappa shape index (κ3) is 5.48. The number of carboxylic acids is 1. The summed E-state index contributed by atoms with van der Waals surface area (Å²) in [4.78, 5) is 24.4. The largest absolute Gasteiger partial charge is 0.481 e. The second-order valence-electron chi connectivity index (χ2n) is 10.0. The first kappa shape index (κ1) is 24.6. The number of carboxylic acid groups (broad SMARTS) is 1. The summed E-state index contributed by atoms with van der Waals surface area (Å²) in [5.41, 5.74) is 3.70. The Balaban J connectivity index is 1.41. The maximum Gasteiger partial charge on any atom is 0.303 e. The first-order valence-electron chi connectivity index (χ1n) is 12.6. The standard InChI is InChI=1S/C27H30ClN3O5/c1-15-6-10-20(19(28)12-15)29-23(32)13-18(9-11-24(33)34)26-25(17-7-8-17)27(36-31-26)21-14-22(35-30-21)16-4-2-3-5-16/h6,10,12,14,16-18H,2-5,7-9,11,13H2,1H3,(H,29,32)(H,33,34)/t18-/m1/s1. The Morgan fingerprint density at radius 1 is 1.11 bits per heavy atom. The Bertz CT molecular complexity index is 1260. The Morgan fingerprint density at radius 3 is 2.58 bits per heavy atom. The highest BCUT2D eigenvalue weighted by Gasteiger charge is 2.37. The molecule has 1 amide bonds. The van der Waals surface area contributed by atoms with Crippen LogP contribution in [0.4, 0.5) is 5.69 Å². The predicted octanol–water partition coefficient (Wildman–Crippen LogP) is 6.80. The van der Waals surface area contributed by atoms with Crippen molar-refractivity contribution in [1.29, 1.82) is 0 Å². The molecule has 5 rings (SSSR count). The lowest BCUT2D eigenvalue weighted by Crippen LogP contribution is -2.17. The summed E-state index contributed by atoms with van der Waals surface area (Å²) in [5.74, 6) is 0.499. The number of halogens is 1. The second kappa shape index (κ2) is 10.5. The van der Waals surface area contributed by atoms with Crippen LogP contribution in [0.25, 0.3) is 11.5 Å². The molecule has 3 aromatic rings. The van der Waals surface area contributed by atoms with Gasteiger partial charge < -0.3 is 19.5 Å². The van der Waals surface area contributed by atoms with Crippen molar-refractivity contribution in [1.82, 2.24) is 10.3 Å². The number of carbonyl (C=O) groups excluding carboxylic acids is 1. The fourth-order valence-corrected chi connectivity index (χ4v) is 5.42. The van der Waals surface area contributed by atoms with Gasteiger partial charge in [-0.15, -0.1) is 0 Å². The zero-order valence-corrected chi connectivity index (χ0v) is 21.0. The van der Waals surface area contributed by atoms with E-state index in [1.54, 1.807) is 12.1 Å². The fourth-order valence-electron chi connectivity index (χ4n) is 5.13. The van der Waals surface area contributed by atoms with E-state index in [9.17, 15) is 14.7 Å². The molecule has 2 aromatic heterocycles. The molecule has 2 fully saturated rings. The van der Waals surface area contributed by atoms with Crippen LogP contribution in [0.5, 0.6) is 0 Å². The number of hydrogen-bond acceptors (Lipinski definition) is 6. The number of nitrogens with one attached hydrogen (secondary N) is 1. The van der Waals surface area contributed by atoms with Crippen molar-refractivity contribution in [2.75, 3.05) is 5.32 Å². The van der Waals surface area contributed by atoms with Crippen molar-refractivity contribution in [3.05, 3.63) is 51.9 Å². The number of amides is 1. The van der Waals surface area contributed by atoms with Gasteiger partial charge in [-0.1, -0.05) is 40.8 Å². The van der Waals surface area contributed by atoms with Crippen molar-refractivity contribution in [3.8, 4) is 11.5 Å². The highest BCUT2D eigenvalue weighted by molar-refractivity contribution is 6.33. The molecule has 2 saturated carbocycles. The van der Waals surface area contributed by atoms with Crippen LogP contribution in [0.2, 0.25) is 5.02 Å². The van der Waals surface area contributed by atoms with Crippen molar-refractivity contribution >= 4 is 29.2 Å². The van der Waals surface area contributed by atoms with Gasteiger partial charge >= 0.3 is 5.97 Å². The highest BCUT2D eigenvalue weighted by atomic mass is 35.5. The molecule has 0 bridgehead atoms. The van der Waals surface area contributed by atoms with Gasteiger partial charge in [-0.05, 0) is 62.6 Å². The molecule has 9 heteroatoms. The van der Waals surface area contributed by atoms with Crippen LogP contribution in [0.1, 0.15) is 98.1 Å². The van der Waals surface area contributed by atoms with E-state index in [1.165, 1.54) is 12.8 Å². The van der Waals surface area contributed by atoms with Gasteiger partial charge in [0, 0.05) is 36.3 Å². The van der Waals surface area contributed by atoms with Gasteiger partial charge in [-0.25, -0.2) is 0 Å². The third-order valence-electron chi connectivity index (χ3n) is 7.18. The van der Waals surface area contributed by atoms with Crippen molar-refractivity contribution in [2.45, 2.75) is 82.5 Å². The SMILES string of the molecule is Cc1ccc(NC(=O)C[C@@H](CCC(=O)O)c2noc(-c3cc(C4CCCC4)on3)c2C2CC2)c(Cl)c1. The van der Waals surface area contributed by atoms with E-state index >= 15 is 0 Å². The lowest BCUT2D eigenvalue weighted by molar-refractivity contribution is -0.137. The molecule has 36 heavy (non-hydrogen) atoms. The number of hydrogen-bond donors (Lipinski definition) is 2. The molecule has 2 N–H and O–H groups in total. The summed E-state index contributed by atoms with van der Waals surface area (Å²) in [7, 11) is 0. The topological polar surface area (TPSA) is 118 Å². The molecule has 2 heterocycles. The van der Waals surface area contributed by atoms with E-state index in [-0.39, 0.29) is 31.1 Å². The van der Waals surface area contributed by atoms with Crippen LogP contribution in [0, 0.1) is 6.92 Å². The van der Waals surface area contributed by atoms with E-state index in [0.717, 1.165) is 42.6 Å². The van der Waals surface area contributed by atoms with E-state index in [4.69, 9.17) is 20.6 Å². The average molecular weight is 512 g/mol. The summed E-state index contributed by atoms with van der Waals surface area (Å²) in [6.07, 6.45) is 6.83. The quantitative estimate of drug-likeness (QED) is 0.307. The minimum absolute atomic E-state index is 0.0648. The van der Waals surface area contributed by atoms with Crippen LogP contribution in [-0.2, 0) is 9.59 Å². The van der Waals surface area contributed by atoms with Crippen LogP contribution >= 0.6 is 11.6 Å². The molecule has 1 aromatic carbocycles. The van der Waals surface area contributed by atoms with Crippen molar-refractivity contribution < 1.29 is 23.7 Å². The van der Waals surface area contributed by atoms with Crippen LogP contribution in [-0.4, -0.2) is 27.3 Å². The zero-order chi connectivity index (χ0) is 25.2. The number of benzene rings is 1. The summed E-state index contributed by atoms with van der Waals surface area (Å²) in [6, 6.07) is 7.37. The molecular weight excluding hydrogens is 482 g/mol. The monoisotopic (exact) mass is 511 g/mol. The molecule has 190 valence electrons. The molecule has 1 atom stereocenters. The van der Waals surface area contributed by atoms with Gasteiger partial charge in [-0.3, -0.25) is 9.59 Å². The van der Waals surface area contributed by atoms with Gasteiger partial charge in [0.05, 0.1) is 16.4 Å². The number of aromatic nitrogens is 2. The van der Waals surface area contributed by atoms with E-state index in [0.29, 0.717) is 33.8 Å². The van der Waals surface area contributed by atoms with Gasteiger partial charge in [0.25, 0.3) is 0 Å². The lowest BCUT2D eigenvalue weighted by atomic mass is 9.90. The summed E-state index contributed by atoms with van der Waals surface area (Å²) >= 11 is 6.29. The number of carbonyl (C=O) groups is 2. The Kier molecular flexibility index (Phi) is 7.14. The van der Waals surface area contributed by atoms with Crippen LogP contribution in [0.15, 0.2) is 33.3 Å². The highest BCUT2D eigenvalue weighted by Crippen LogP contribution is 2.49. The molecule has 0 aliphatic heterocycles. The van der Waals surface area contributed by atoms with Crippen LogP contribution < -0.4 is 5.32 Å². The molecule has 8 nitrogen and oxygen atoms in total. The second-order valence-corrected chi connectivity index (χ2v) is 10.5. The van der Waals surface area contributed by atoms with Crippen molar-refractivity contribution in [2.24, 2.45) is 0 Å². The maximum absolute atomic E-state index is 13.0. The molecule has 0 spiro atoms. The van der Waals surface area contributed by atoms with Crippen molar-refractivity contribution in [3.63, 3.8) is 0 Å². The Labute approximate surface area is 214 Å². The maximum atomic E-state index is 13.0. The molecule has 2 aliphatic rings. The molecular formula is C27H30ClN3O5. The smallest absolute Gasteiger partial charge is 0.303 e. The van der Waals surface area contributed by atoms with Gasteiger partial charge in [0.2, 0.25) is 5.91 Å². The minimum atomic E-state index is -0.920. The van der Waals surface area contributed by atoms with Crippen LogP contribution in [0.3, 0.4) is 0 Å². The third-order valence-corrected chi connectivity index (χ3v) is 7.50. The minimum Gasteiger partial charge on any atom is -0.481 e. The average Bonchev–Trinajstić information content (AvgIpc) is 3.22. The van der Waals surface area contributed by atoms with E-state index in [2.05, 4.69) is 15.6 Å². The number of rotatable bonds is 10. The number of aryl methyl sites for hydroxylation is 1. The first-order chi connectivity index (χ1) is 17.4. The summed E-state index contributed by atoms with van der Waals surface area (Å²) in [6.45, 7) is 1.92. The van der Waals surface area contributed by atoms with E-state index in [1.807, 2.05) is 19.1 Å². The van der Waals surface area contributed by atoms with E-state index < -0.39 is 11.9 Å². The number of nitrogens with zero attached hydrogens (tertiary/aromatic N) is 2. The lowest BCUT2D eigenvalue weighted by Gasteiger charge is -2.16. The summed E-state index contributed by atoms with van der Waals surface area (Å²) < 4.78 is 11.5. The Morgan fingerprint density at radius 2 is 1.89 bits per heavy atom. The number of anilines is 1. The van der Waals surface area contributed by atoms with Gasteiger partial charge in [0.15, 0.2) is 11.5 Å². The molecule has 0 radical (unpaired) electrons. The fraction of sp³-hybridized carbons (Fsp3) is 0.481. The predicted molar refractivity (Wildman–Crippen MR) is 134 cm³/mol. The normalized spacial score (nSPS) is 16.8. The first-order valence-corrected chi connectivity index (χ1v) is 13.0. The summed E-state index contributed by atoms with van der Waals surface area (Å²) in [5, 5.41) is 21.3. The molecule has 0 unspecified atom stereocenters. The zero-order valence-electron chi connectivity index (χ0n) is 20.3. The van der Waals surface area contributed by atoms with Gasteiger partial charge in [0.1, 0.15) is 5.76 Å².